The fourth-order valence-corrected chi connectivity index (χ4v) is 1.64. The Morgan fingerprint density at radius 2 is 2.25 bits per heavy atom. The smallest absolute Gasteiger partial charge is 0.122 e. The van der Waals surface area contributed by atoms with Gasteiger partial charge in [-0.2, -0.15) is 0 Å². The standard InChI is InChI=1S/C12H23N3O/c1-4-7-15-8-6-13-11(15)10-14-12(2,3)5-9-16/h6,8,14,16H,4-5,7,9-10H2,1-3H3. The van der Waals surface area contributed by atoms with Crippen LogP contribution in [0, 0.1) is 0 Å². The Labute approximate surface area is 97.7 Å². The molecule has 1 rings (SSSR count). The van der Waals surface area contributed by atoms with Gasteiger partial charge in [0.05, 0.1) is 6.54 Å². The molecular formula is C12H23N3O. The van der Waals surface area contributed by atoms with Crippen LogP contribution in [0.4, 0.5) is 0 Å². The Morgan fingerprint density at radius 3 is 2.88 bits per heavy atom. The molecule has 1 heterocycles. The van der Waals surface area contributed by atoms with E-state index in [1.54, 1.807) is 0 Å². The zero-order valence-corrected chi connectivity index (χ0v) is 10.5. The van der Waals surface area contributed by atoms with Crippen LogP contribution in [0.5, 0.6) is 0 Å². The molecule has 0 aliphatic rings. The summed E-state index contributed by atoms with van der Waals surface area (Å²) in [5.41, 5.74) is -0.0439. The number of hydrogen-bond acceptors (Lipinski definition) is 3. The molecule has 0 amide bonds. The predicted molar refractivity (Wildman–Crippen MR) is 65.1 cm³/mol. The number of imidazole rings is 1. The molecule has 2 N–H and O–H groups in total. The molecule has 0 saturated carbocycles. The van der Waals surface area contributed by atoms with E-state index in [1.807, 2.05) is 12.4 Å². The van der Waals surface area contributed by atoms with E-state index >= 15 is 0 Å². The van der Waals surface area contributed by atoms with Crippen molar-refractivity contribution < 1.29 is 5.11 Å². The Kier molecular flexibility index (Phi) is 4.96. The summed E-state index contributed by atoms with van der Waals surface area (Å²) < 4.78 is 2.17. The molecule has 0 radical (unpaired) electrons. The molecule has 1 aromatic rings. The highest BCUT2D eigenvalue weighted by atomic mass is 16.3. The van der Waals surface area contributed by atoms with Gasteiger partial charge in [0.25, 0.3) is 0 Å². The molecule has 16 heavy (non-hydrogen) atoms. The number of aromatic nitrogens is 2. The first-order valence-corrected chi connectivity index (χ1v) is 5.95. The number of aliphatic hydroxyl groups is 1. The van der Waals surface area contributed by atoms with Gasteiger partial charge in [-0.05, 0) is 26.7 Å². The molecule has 0 spiro atoms. The van der Waals surface area contributed by atoms with Crippen molar-refractivity contribution in [2.24, 2.45) is 0 Å². The molecule has 0 aromatic carbocycles. The van der Waals surface area contributed by atoms with Gasteiger partial charge in [-0.1, -0.05) is 6.92 Å². The quantitative estimate of drug-likeness (QED) is 0.740. The minimum Gasteiger partial charge on any atom is -0.396 e. The number of aryl methyl sites for hydroxylation is 1. The average molecular weight is 225 g/mol. The highest BCUT2D eigenvalue weighted by Gasteiger charge is 2.16. The van der Waals surface area contributed by atoms with Gasteiger partial charge in [0, 0.05) is 31.1 Å². The number of aliphatic hydroxyl groups excluding tert-OH is 1. The van der Waals surface area contributed by atoms with Crippen LogP contribution in [-0.2, 0) is 13.1 Å². The summed E-state index contributed by atoms with van der Waals surface area (Å²) in [5, 5.41) is 12.4. The third-order valence-electron chi connectivity index (χ3n) is 2.73. The van der Waals surface area contributed by atoms with E-state index in [2.05, 4.69) is 35.6 Å². The minimum absolute atomic E-state index is 0.0439. The molecule has 92 valence electrons. The third kappa shape index (κ3) is 3.94. The van der Waals surface area contributed by atoms with Gasteiger partial charge in [-0.15, -0.1) is 0 Å². The Morgan fingerprint density at radius 1 is 1.50 bits per heavy atom. The fourth-order valence-electron chi connectivity index (χ4n) is 1.64. The van der Waals surface area contributed by atoms with Gasteiger partial charge in [0.2, 0.25) is 0 Å². The summed E-state index contributed by atoms with van der Waals surface area (Å²) in [7, 11) is 0. The van der Waals surface area contributed by atoms with Crippen molar-refractivity contribution in [2.45, 2.75) is 52.2 Å². The molecule has 0 fully saturated rings. The van der Waals surface area contributed by atoms with Gasteiger partial charge in [-0.25, -0.2) is 4.98 Å². The van der Waals surface area contributed by atoms with Crippen LogP contribution in [-0.4, -0.2) is 26.8 Å². The molecule has 1 aromatic heterocycles. The first kappa shape index (κ1) is 13.2. The molecule has 0 saturated heterocycles. The Hall–Kier alpha value is -0.870. The van der Waals surface area contributed by atoms with Crippen LogP contribution in [0.15, 0.2) is 12.4 Å². The van der Waals surface area contributed by atoms with E-state index in [0.717, 1.165) is 31.8 Å². The van der Waals surface area contributed by atoms with Gasteiger partial charge in [0.1, 0.15) is 5.82 Å². The summed E-state index contributed by atoms with van der Waals surface area (Å²) in [5.74, 6) is 1.06. The van der Waals surface area contributed by atoms with Crippen molar-refractivity contribution in [1.29, 1.82) is 0 Å². The zero-order valence-electron chi connectivity index (χ0n) is 10.5. The second-order valence-corrected chi connectivity index (χ2v) is 4.75. The lowest BCUT2D eigenvalue weighted by molar-refractivity contribution is 0.228. The van der Waals surface area contributed by atoms with Crippen LogP contribution in [0.1, 0.15) is 39.4 Å². The first-order valence-electron chi connectivity index (χ1n) is 5.95. The fraction of sp³-hybridized carbons (Fsp3) is 0.750. The Balaban J connectivity index is 2.50. The maximum absolute atomic E-state index is 8.94. The maximum Gasteiger partial charge on any atom is 0.122 e. The molecule has 0 bridgehead atoms. The van der Waals surface area contributed by atoms with Gasteiger partial charge >= 0.3 is 0 Å². The SMILES string of the molecule is CCCn1ccnc1CNC(C)(C)CCO. The molecule has 0 aliphatic heterocycles. The first-order chi connectivity index (χ1) is 7.59. The summed E-state index contributed by atoms with van der Waals surface area (Å²) in [6.07, 6.45) is 5.72. The lowest BCUT2D eigenvalue weighted by Gasteiger charge is -2.25. The van der Waals surface area contributed by atoms with Crippen molar-refractivity contribution >= 4 is 0 Å². The zero-order chi connectivity index (χ0) is 12.0. The monoisotopic (exact) mass is 225 g/mol. The second kappa shape index (κ2) is 6.01. The van der Waals surface area contributed by atoms with Crippen LogP contribution < -0.4 is 5.32 Å². The van der Waals surface area contributed by atoms with Crippen molar-refractivity contribution in [3.05, 3.63) is 18.2 Å². The summed E-state index contributed by atoms with van der Waals surface area (Å²) in [6.45, 7) is 8.32. The highest BCUT2D eigenvalue weighted by molar-refractivity contribution is 4.93. The van der Waals surface area contributed by atoms with Crippen molar-refractivity contribution in [1.82, 2.24) is 14.9 Å². The van der Waals surface area contributed by atoms with E-state index < -0.39 is 0 Å². The lowest BCUT2D eigenvalue weighted by atomic mass is 10.0. The van der Waals surface area contributed by atoms with Crippen molar-refractivity contribution in [3.8, 4) is 0 Å². The largest absolute Gasteiger partial charge is 0.396 e. The molecule has 0 aliphatic carbocycles. The number of rotatable bonds is 7. The third-order valence-corrected chi connectivity index (χ3v) is 2.73. The molecule has 0 unspecified atom stereocenters. The highest BCUT2D eigenvalue weighted by Crippen LogP contribution is 2.09. The van der Waals surface area contributed by atoms with Gasteiger partial charge < -0.3 is 15.0 Å². The minimum atomic E-state index is -0.0439. The number of nitrogens with one attached hydrogen (secondary N) is 1. The normalized spacial score (nSPS) is 12.0. The number of nitrogens with zero attached hydrogens (tertiary/aromatic N) is 2. The lowest BCUT2D eigenvalue weighted by Crippen LogP contribution is -2.40. The van der Waals surface area contributed by atoms with Crippen LogP contribution in [0.3, 0.4) is 0 Å². The van der Waals surface area contributed by atoms with E-state index in [-0.39, 0.29) is 12.1 Å². The molecule has 4 nitrogen and oxygen atoms in total. The summed E-state index contributed by atoms with van der Waals surface area (Å²) >= 11 is 0. The van der Waals surface area contributed by atoms with Crippen LogP contribution in [0.2, 0.25) is 0 Å². The van der Waals surface area contributed by atoms with Gasteiger partial charge in [-0.3, -0.25) is 0 Å². The van der Waals surface area contributed by atoms with Crippen LogP contribution in [0.25, 0.3) is 0 Å². The predicted octanol–water partition coefficient (Wildman–Crippen LogP) is 1.54. The Bertz CT molecular complexity index is 307. The topological polar surface area (TPSA) is 50.1 Å². The van der Waals surface area contributed by atoms with E-state index in [4.69, 9.17) is 5.11 Å². The van der Waals surface area contributed by atoms with Gasteiger partial charge in [0.15, 0.2) is 0 Å². The average Bonchev–Trinajstić information content (AvgIpc) is 2.63. The van der Waals surface area contributed by atoms with E-state index in [9.17, 15) is 0 Å². The van der Waals surface area contributed by atoms with Crippen LogP contribution >= 0.6 is 0 Å². The second-order valence-electron chi connectivity index (χ2n) is 4.75. The molecule has 0 atom stereocenters. The maximum atomic E-state index is 8.94. The van der Waals surface area contributed by atoms with Crippen molar-refractivity contribution in [2.75, 3.05) is 6.61 Å². The molecule has 4 heteroatoms. The van der Waals surface area contributed by atoms with E-state index in [1.165, 1.54) is 0 Å². The van der Waals surface area contributed by atoms with E-state index in [0.29, 0.717) is 0 Å². The summed E-state index contributed by atoms with van der Waals surface area (Å²) in [4.78, 5) is 4.34. The van der Waals surface area contributed by atoms with Crippen molar-refractivity contribution in [3.63, 3.8) is 0 Å². The molecular weight excluding hydrogens is 202 g/mol. The number of hydrogen-bond donors (Lipinski definition) is 2. The summed E-state index contributed by atoms with van der Waals surface area (Å²) in [6, 6.07) is 0.